The van der Waals surface area contributed by atoms with Crippen molar-refractivity contribution < 1.29 is 0 Å². The number of aromatic nitrogens is 1. The average molecular weight is 327 g/mol. The van der Waals surface area contributed by atoms with Crippen molar-refractivity contribution in [2.24, 2.45) is 0 Å². The lowest BCUT2D eigenvalue weighted by Gasteiger charge is -2.18. The average Bonchev–Trinajstić information content (AvgIpc) is 2.59. The van der Waals surface area contributed by atoms with Gasteiger partial charge in [0.2, 0.25) is 0 Å². The molecule has 0 atom stereocenters. The van der Waals surface area contributed by atoms with Crippen molar-refractivity contribution in [1.29, 1.82) is 0 Å². The molecule has 3 rings (SSSR count). The molecule has 0 amide bonds. The summed E-state index contributed by atoms with van der Waals surface area (Å²) in [6, 6.07) is 21.2. The molecule has 3 aromatic rings. The zero-order valence-electron chi connectivity index (χ0n) is 13.7. The Morgan fingerprint density at radius 3 is 2.22 bits per heavy atom. The van der Waals surface area contributed by atoms with E-state index in [1.807, 2.05) is 0 Å². The van der Waals surface area contributed by atoms with E-state index in [9.17, 15) is 0 Å². The molecule has 0 fully saturated rings. The third-order valence-corrected chi connectivity index (χ3v) is 4.13. The van der Waals surface area contributed by atoms with Gasteiger partial charge in [0.05, 0.1) is 11.2 Å². The van der Waals surface area contributed by atoms with Gasteiger partial charge in [0.1, 0.15) is 0 Å². The van der Waals surface area contributed by atoms with Gasteiger partial charge in [-0.05, 0) is 36.3 Å². The molecule has 0 aliphatic rings. The molecular weight excluding hydrogens is 304 g/mol. The summed E-state index contributed by atoms with van der Waals surface area (Å²) in [5.41, 5.74) is 4.74. The standard InChI is InChI=1S/C20H22N2.ClH/c1-3-22(4-2)15-17-14-19(16-10-6-5-7-11-16)18-12-8-9-13-20(18)21-17;/h5-14H,3-4,15H2,1-2H3;1H. The van der Waals surface area contributed by atoms with Gasteiger partial charge >= 0.3 is 0 Å². The van der Waals surface area contributed by atoms with Crippen molar-refractivity contribution in [1.82, 2.24) is 9.88 Å². The molecule has 0 unspecified atom stereocenters. The van der Waals surface area contributed by atoms with Crippen molar-refractivity contribution in [2.75, 3.05) is 13.1 Å². The van der Waals surface area contributed by atoms with Gasteiger partial charge in [-0.25, -0.2) is 0 Å². The van der Waals surface area contributed by atoms with Crippen LogP contribution in [0.15, 0.2) is 60.7 Å². The molecule has 0 aliphatic carbocycles. The number of fused-ring (bicyclic) bond motifs is 1. The third kappa shape index (κ3) is 3.90. The van der Waals surface area contributed by atoms with Crippen LogP contribution in [0.3, 0.4) is 0 Å². The number of benzene rings is 2. The molecule has 23 heavy (non-hydrogen) atoms. The number of pyridine rings is 1. The molecule has 0 radical (unpaired) electrons. The van der Waals surface area contributed by atoms with E-state index >= 15 is 0 Å². The van der Waals surface area contributed by atoms with Crippen molar-refractivity contribution >= 4 is 23.3 Å². The maximum absolute atomic E-state index is 4.86. The molecular formula is C20H23ClN2. The first-order chi connectivity index (χ1) is 10.8. The number of hydrogen-bond donors (Lipinski definition) is 0. The molecule has 0 saturated heterocycles. The Balaban J connectivity index is 0.00000192. The Kier molecular flexibility index (Phi) is 6.14. The second kappa shape index (κ2) is 8.09. The Morgan fingerprint density at radius 1 is 0.870 bits per heavy atom. The van der Waals surface area contributed by atoms with Crippen LogP contribution in [-0.2, 0) is 6.54 Å². The fourth-order valence-corrected chi connectivity index (χ4v) is 2.84. The van der Waals surface area contributed by atoms with Gasteiger partial charge in [-0.3, -0.25) is 9.88 Å². The van der Waals surface area contributed by atoms with Crippen LogP contribution in [-0.4, -0.2) is 23.0 Å². The van der Waals surface area contributed by atoms with Crippen LogP contribution in [0.25, 0.3) is 22.0 Å². The van der Waals surface area contributed by atoms with Gasteiger partial charge in [-0.1, -0.05) is 62.4 Å². The van der Waals surface area contributed by atoms with Crippen LogP contribution in [0.2, 0.25) is 0 Å². The Labute approximate surface area is 144 Å². The first-order valence-corrected chi connectivity index (χ1v) is 7.98. The van der Waals surface area contributed by atoms with E-state index in [0.29, 0.717) is 0 Å². The monoisotopic (exact) mass is 326 g/mol. The predicted molar refractivity (Wildman–Crippen MR) is 101 cm³/mol. The lowest BCUT2D eigenvalue weighted by Crippen LogP contribution is -2.22. The highest BCUT2D eigenvalue weighted by atomic mass is 35.5. The van der Waals surface area contributed by atoms with Gasteiger partial charge in [0.15, 0.2) is 0 Å². The normalized spacial score (nSPS) is 10.7. The van der Waals surface area contributed by atoms with Gasteiger partial charge in [-0.2, -0.15) is 0 Å². The van der Waals surface area contributed by atoms with Gasteiger partial charge in [0.25, 0.3) is 0 Å². The minimum atomic E-state index is 0. The van der Waals surface area contributed by atoms with Crippen LogP contribution in [0.1, 0.15) is 19.5 Å². The molecule has 2 aromatic carbocycles. The smallest absolute Gasteiger partial charge is 0.0712 e. The Morgan fingerprint density at radius 2 is 1.52 bits per heavy atom. The molecule has 3 heteroatoms. The molecule has 0 saturated carbocycles. The molecule has 120 valence electrons. The fourth-order valence-electron chi connectivity index (χ4n) is 2.84. The van der Waals surface area contributed by atoms with Crippen LogP contribution < -0.4 is 0 Å². The van der Waals surface area contributed by atoms with Gasteiger partial charge in [-0.15, -0.1) is 12.4 Å². The van der Waals surface area contributed by atoms with Crippen LogP contribution >= 0.6 is 12.4 Å². The summed E-state index contributed by atoms with van der Waals surface area (Å²) in [5.74, 6) is 0. The zero-order valence-corrected chi connectivity index (χ0v) is 14.5. The van der Waals surface area contributed by atoms with E-state index in [1.54, 1.807) is 0 Å². The van der Waals surface area contributed by atoms with Crippen molar-refractivity contribution in [3.05, 3.63) is 66.4 Å². The summed E-state index contributed by atoms with van der Waals surface area (Å²) in [6.45, 7) is 7.39. The number of hydrogen-bond acceptors (Lipinski definition) is 2. The SMILES string of the molecule is CCN(CC)Cc1cc(-c2ccccc2)c2ccccc2n1.Cl. The third-order valence-electron chi connectivity index (χ3n) is 4.13. The second-order valence-electron chi connectivity index (χ2n) is 5.51. The van der Waals surface area contributed by atoms with Gasteiger partial charge < -0.3 is 0 Å². The van der Waals surface area contributed by atoms with E-state index in [-0.39, 0.29) is 12.4 Å². The fraction of sp³-hybridized carbons (Fsp3) is 0.250. The molecule has 1 heterocycles. The van der Waals surface area contributed by atoms with Gasteiger partial charge in [0, 0.05) is 11.9 Å². The zero-order chi connectivity index (χ0) is 15.4. The minimum absolute atomic E-state index is 0. The second-order valence-corrected chi connectivity index (χ2v) is 5.51. The quantitative estimate of drug-likeness (QED) is 0.643. The summed E-state index contributed by atoms with van der Waals surface area (Å²) in [7, 11) is 0. The number of para-hydroxylation sites is 1. The van der Waals surface area contributed by atoms with Crippen LogP contribution in [0, 0.1) is 0 Å². The number of halogens is 1. The summed E-state index contributed by atoms with van der Waals surface area (Å²) >= 11 is 0. The summed E-state index contributed by atoms with van der Waals surface area (Å²) in [5, 5.41) is 1.22. The molecule has 0 aliphatic heterocycles. The minimum Gasteiger partial charge on any atom is -0.298 e. The van der Waals surface area contributed by atoms with Crippen molar-refractivity contribution in [3.63, 3.8) is 0 Å². The lowest BCUT2D eigenvalue weighted by molar-refractivity contribution is 0.292. The van der Waals surface area contributed by atoms with Crippen LogP contribution in [0.5, 0.6) is 0 Å². The Bertz CT molecular complexity index is 752. The molecule has 0 spiro atoms. The summed E-state index contributed by atoms with van der Waals surface area (Å²) in [6.07, 6.45) is 0. The largest absolute Gasteiger partial charge is 0.298 e. The lowest BCUT2D eigenvalue weighted by atomic mass is 10.00. The van der Waals surface area contributed by atoms with E-state index in [0.717, 1.165) is 30.8 Å². The first kappa shape index (κ1) is 17.5. The van der Waals surface area contributed by atoms with E-state index in [4.69, 9.17) is 4.98 Å². The van der Waals surface area contributed by atoms with E-state index < -0.39 is 0 Å². The maximum Gasteiger partial charge on any atom is 0.0712 e. The predicted octanol–water partition coefficient (Wildman–Crippen LogP) is 5.17. The molecule has 0 N–H and O–H groups in total. The van der Waals surface area contributed by atoms with Crippen molar-refractivity contribution in [2.45, 2.75) is 20.4 Å². The molecule has 0 bridgehead atoms. The van der Waals surface area contributed by atoms with Crippen molar-refractivity contribution in [3.8, 4) is 11.1 Å². The van der Waals surface area contributed by atoms with E-state index in [2.05, 4.69) is 79.4 Å². The van der Waals surface area contributed by atoms with E-state index in [1.165, 1.54) is 16.5 Å². The van der Waals surface area contributed by atoms with Crippen LogP contribution in [0.4, 0.5) is 0 Å². The highest BCUT2D eigenvalue weighted by Gasteiger charge is 2.09. The summed E-state index contributed by atoms with van der Waals surface area (Å²) < 4.78 is 0. The number of rotatable bonds is 5. The topological polar surface area (TPSA) is 16.1 Å². The first-order valence-electron chi connectivity index (χ1n) is 7.98. The summed E-state index contributed by atoms with van der Waals surface area (Å²) in [4.78, 5) is 7.25. The maximum atomic E-state index is 4.86. The molecule has 1 aromatic heterocycles. The highest BCUT2D eigenvalue weighted by Crippen LogP contribution is 2.28. The Hall–Kier alpha value is -1.90. The highest BCUT2D eigenvalue weighted by molar-refractivity contribution is 5.94. The number of nitrogens with zero attached hydrogens (tertiary/aromatic N) is 2. The molecule has 2 nitrogen and oxygen atoms in total.